The summed E-state index contributed by atoms with van der Waals surface area (Å²) in [6.07, 6.45) is 3.03. The highest BCUT2D eigenvalue weighted by Crippen LogP contribution is 2.38. The molecule has 1 aromatic carbocycles. The summed E-state index contributed by atoms with van der Waals surface area (Å²) in [4.78, 5) is 13.9. The van der Waals surface area contributed by atoms with E-state index in [-0.39, 0.29) is 6.10 Å². The van der Waals surface area contributed by atoms with Gasteiger partial charge in [-0.2, -0.15) is 0 Å². The summed E-state index contributed by atoms with van der Waals surface area (Å²) in [5.74, 6) is 0.858. The average Bonchev–Trinajstić information content (AvgIpc) is 3.20. The van der Waals surface area contributed by atoms with Crippen LogP contribution in [0.3, 0.4) is 0 Å². The fourth-order valence-electron chi connectivity index (χ4n) is 3.49. The number of hydrogen-bond acceptors (Lipinski definition) is 4. The van der Waals surface area contributed by atoms with E-state index >= 15 is 0 Å². The van der Waals surface area contributed by atoms with Crippen LogP contribution in [0.15, 0.2) is 35.7 Å². The Labute approximate surface area is 155 Å². The molecule has 130 valence electrons. The summed E-state index contributed by atoms with van der Waals surface area (Å²) in [5, 5.41) is 2.80. The van der Waals surface area contributed by atoms with Gasteiger partial charge < -0.3 is 14.2 Å². The standard InChI is InChI=1S/C19H19ClN2O2S/c1-21-16-8-11-25-19(16)18(17(21)12-23)22-9-6-15(7-10-22)24-14-4-2-13(20)3-5-14/h2-5,8,11-12,15H,6-7,9-10H2,1H3. The molecule has 3 aromatic rings. The van der Waals surface area contributed by atoms with E-state index in [9.17, 15) is 4.79 Å². The van der Waals surface area contributed by atoms with Gasteiger partial charge in [0.1, 0.15) is 17.5 Å². The minimum atomic E-state index is 0.194. The van der Waals surface area contributed by atoms with Gasteiger partial charge in [0.05, 0.1) is 15.9 Å². The number of carbonyl (C=O) groups excluding carboxylic acids is 1. The van der Waals surface area contributed by atoms with Crippen LogP contribution in [-0.2, 0) is 7.05 Å². The molecule has 0 bridgehead atoms. The number of rotatable bonds is 4. The molecule has 6 heteroatoms. The first kappa shape index (κ1) is 16.5. The second-order valence-electron chi connectivity index (χ2n) is 6.30. The van der Waals surface area contributed by atoms with Gasteiger partial charge in [-0.3, -0.25) is 4.79 Å². The Kier molecular flexibility index (Phi) is 4.44. The molecule has 2 aromatic heterocycles. The predicted octanol–water partition coefficient (Wildman–Crippen LogP) is 4.75. The molecule has 0 N–H and O–H groups in total. The first-order valence-corrected chi connectivity index (χ1v) is 9.61. The maximum absolute atomic E-state index is 11.6. The average molecular weight is 375 g/mol. The van der Waals surface area contributed by atoms with Crippen LogP contribution in [0.4, 0.5) is 5.69 Å². The highest BCUT2D eigenvalue weighted by atomic mass is 35.5. The molecule has 4 rings (SSSR count). The van der Waals surface area contributed by atoms with Crippen molar-refractivity contribution >= 4 is 45.1 Å². The van der Waals surface area contributed by atoms with Crippen LogP contribution in [0, 0.1) is 0 Å². The maximum atomic E-state index is 11.6. The zero-order valence-corrected chi connectivity index (χ0v) is 15.5. The largest absolute Gasteiger partial charge is 0.490 e. The summed E-state index contributed by atoms with van der Waals surface area (Å²) in [6, 6.07) is 9.59. The third-order valence-corrected chi connectivity index (χ3v) is 5.97. The number of hydrogen-bond donors (Lipinski definition) is 0. The number of benzene rings is 1. The number of piperidine rings is 1. The lowest BCUT2D eigenvalue weighted by atomic mass is 10.1. The summed E-state index contributed by atoms with van der Waals surface area (Å²) < 4.78 is 9.26. The highest BCUT2D eigenvalue weighted by Gasteiger charge is 2.26. The van der Waals surface area contributed by atoms with Crippen molar-refractivity contribution < 1.29 is 9.53 Å². The van der Waals surface area contributed by atoms with Gasteiger partial charge in [-0.1, -0.05) is 11.6 Å². The van der Waals surface area contributed by atoms with Gasteiger partial charge >= 0.3 is 0 Å². The van der Waals surface area contributed by atoms with Crippen LogP contribution in [0.5, 0.6) is 5.75 Å². The van der Waals surface area contributed by atoms with Gasteiger partial charge in [0, 0.05) is 38.0 Å². The molecular formula is C19H19ClN2O2S. The molecule has 1 aliphatic rings. The van der Waals surface area contributed by atoms with Crippen molar-refractivity contribution in [1.82, 2.24) is 4.57 Å². The molecule has 0 aliphatic carbocycles. The van der Waals surface area contributed by atoms with Gasteiger partial charge in [0.2, 0.25) is 0 Å². The van der Waals surface area contributed by atoms with E-state index in [1.807, 2.05) is 35.9 Å². The van der Waals surface area contributed by atoms with Crippen LogP contribution in [-0.4, -0.2) is 30.0 Å². The molecule has 0 radical (unpaired) electrons. The number of nitrogens with zero attached hydrogens (tertiary/aromatic N) is 2. The normalized spacial score (nSPS) is 15.7. The molecule has 1 aliphatic heterocycles. The number of anilines is 1. The molecule has 0 atom stereocenters. The van der Waals surface area contributed by atoms with Crippen molar-refractivity contribution in [2.75, 3.05) is 18.0 Å². The van der Waals surface area contributed by atoms with Gasteiger partial charge in [-0.05, 0) is 35.7 Å². The molecular weight excluding hydrogens is 356 g/mol. The molecule has 4 nitrogen and oxygen atoms in total. The number of aldehydes is 1. The van der Waals surface area contributed by atoms with E-state index < -0.39 is 0 Å². The Balaban J connectivity index is 1.49. The summed E-state index contributed by atoms with van der Waals surface area (Å²) in [7, 11) is 1.96. The predicted molar refractivity (Wildman–Crippen MR) is 103 cm³/mol. The molecule has 1 saturated heterocycles. The SMILES string of the molecule is Cn1c(C=O)c(N2CCC(Oc3ccc(Cl)cc3)CC2)c2sccc21. The number of carbonyl (C=O) groups is 1. The van der Waals surface area contributed by atoms with Crippen molar-refractivity contribution in [1.29, 1.82) is 0 Å². The van der Waals surface area contributed by atoms with Gasteiger partial charge in [0.15, 0.2) is 6.29 Å². The molecule has 1 fully saturated rings. The molecule has 3 heterocycles. The van der Waals surface area contributed by atoms with E-state index in [0.29, 0.717) is 5.02 Å². The van der Waals surface area contributed by atoms with Crippen molar-refractivity contribution in [2.45, 2.75) is 18.9 Å². The second kappa shape index (κ2) is 6.73. The number of fused-ring (bicyclic) bond motifs is 1. The Morgan fingerprint density at radius 3 is 2.60 bits per heavy atom. The summed E-state index contributed by atoms with van der Waals surface area (Å²) in [6.45, 7) is 1.77. The minimum absolute atomic E-state index is 0.194. The lowest BCUT2D eigenvalue weighted by Crippen LogP contribution is -2.38. The Morgan fingerprint density at radius 2 is 1.92 bits per heavy atom. The third-order valence-electron chi connectivity index (χ3n) is 4.81. The van der Waals surface area contributed by atoms with Crippen LogP contribution >= 0.6 is 22.9 Å². The van der Waals surface area contributed by atoms with Crippen LogP contribution in [0.25, 0.3) is 10.2 Å². The topological polar surface area (TPSA) is 34.5 Å². The van der Waals surface area contributed by atoms with Crippen molar-refractivity contribution in [3.8, 4) is 5.75 Å². The Bertz CT molecular complexity index is 892. The number of aromatic nitrogens is 1. The monoisotopic (exact) mass is 374 g/mol. The number of aryl methyl sites for hydroxylation is 1. The first-order valence-electron chi connectivity index (χ1n) is 8.35. The lowest BCUT2D eigenvalue weighted by Gasteiger charge is -2.33. The van der Waals surface area contributed by atoms with Gasteiger partial charge in [-0.25, -0.2) is 0 Å². The van der Waals surface area contributed by atoms with E-state index in [2.05, 4.69) is 16.3 Å². The van der Waals surface area contributed by atoms with Crippen molar-refractivity contribution in [2.24, 2.45) is 7.05 Å². The number of thiophene rings is 1. The van der Waals surface area contributed by atoms with Crippen LogP contribution in [0.1, 0.15) is 23.3 Å². The summed E-state index contributed by atoms with van der Waals surface area (Å²) in [5.41, 5.74) is 2.97. The fraction of sp³-hybridized carbons (Fsp3) is 0.316. The number of halogens is 1. The molecule has 0 saturated carbocycles. The second-order valence-corrected chi connectivity index (χ2v) is 7.66. The quantitative estimate of drug-likeness (QED) is 0.618. The maximum Gasteiger partial charge on any atom is 0.168 e. The smallest absolute Gasteiger partial charge is 0.168 e. The fourth-order valence-corrected chi connectivity index (χ4v) is 4.62. The zero-order chi connectivity index (χ0) is 17.4. The summed E-state index contributed by atoms with van der Waals surface area (Å²) >= 11 is 7.62. The highest BCUT2D eigenvalue weighted by molar-refractivity contribution is 7.17. The van der Waals surface area contributed by atoms with Crippen molar-refractivity contribution in [3.05, 3.63) is 46.4 Å². The molecule has 0 spiro atoms. The third kappa shape index (κ3) is 3.02. The van der Waals surface area contributed by atoms with Crippen LogP contribution in [0.2, 0.25) is 5.02 Å². The van der Waals surface area contributed by atoms with E-state index in [0.717, 1.165) is 54.9 Å². The van der Waals surface area contributed by atoms with E-state index in [1.165, 1.54) is 4.70 Å². The van der Waals surface area contributed by atoms with E-state index in [1.54, 1.807) is 11.3 Å². The Hall–Kier alpha value is -1.98. The van der Waals surface area contributed by atoms with E-state index in [4.69, 9.17) is 16.3 Å². The molecule has 0 unspecified atom stereocenters. The Morgan fingerprint density at radius 1 is 1.20 bits per heavy atom. The van der Waals surface area contributed by atoms with Gasteiger partial charge in [0.25, 0.3) is 0 Å². The first-order chi connectivity index (χ1) is 12.2. The van der Waals surface area contributed by atoms with Crippen molar-refractivity contribution in [3.63, 3.8) is 0 Å². The lowest BCUT2D eigenvalue weighted by molar-refractivity contribution is 0.111. The molecule has 0 amide bonds. The minimum Gasteiger partial charge on any atom is -0.490 e. The van der Waals surface area contributed by atoms with Crippen LogP contribution < -0.4 is 9.64 Å². The number of ether oxygens (including phenoxy) is 1. The zero-order valence-electron chi connectivity index (χ0n) is 13.9. The molecule has 25 heavy (non-hydrogen) atoms. The van der Waals surface area contributed by atoms with Gasteiger partial charge in [-0.15, -0.1) is 11.3 Å².